The van der Waals surface area contributed by atoms with Crippen molar-refractivity contribution in [2.45, 2.75) is 5.88 Å². The lowest BCUT2D eigenvalue weighted by molar-refractivity contribution is 0.396. The van der Waals surface area contributed by atoms with Gasteiger partial charge in [0.05, 0.1) is 5.88 Å². The third-order valence-electron chi connectivity index (χ3n) is 1.67. The Labute approximate surface area is 92.5 Å². The predicted octanol–water partition coefficient (Wildman–Crippen LogP) is 2.90. The maximum Gasteiger partial charge on any atom is 0.152 e. The van der Waals surface area contributed by atoms with Gasteiger partial charge in [-0.3, -0.25) is 4.98 Å². The van der Waals surface area contributed by atoms with E-state index < -0.39 is 0 Å². The van der Waals surface area contributed by atoms with E-state index in [1.807, 2.05) is 18.2 Å². The van der Waals surface area contributed by atoms with Crippen LogP contribution in [-0.4, -0.2) is 10.1 Å². The molecule has 0 radical (unpaired) electrons. The third kappa shape index (κ3) is 2.25. The molecule has 0 bridgehead atoms. The first-order valence-electron chi connectivity index (χ1n) is 3.82. The molecule has 0 spiro atoms. The lowest BCUT2D eigenvalue weighted by atomic mass is 10.2. The molecule has 0 N–H and O–H groups in total. The van der Waals surface area contributed by atoms with Crippen LogP contribution >= 0.6 is 24.0 Å². The highest BCUT2D eigenvalue weighted by molar-refractivity contribution is 6.16. The summed E-state index contributed by atoms with van der Waals surface area (Å²) in [7, 11) is 0. The molecule has 5 heteroatoms. The number of aromatic nitrogens is 2. The Morgan fingerprint density at radius 1 is 1.29 bits per heavy atom. The second kappa shape index (κ2) is 4.98. The third-order valence-corrected chi connectivity index (χ3v) is 1.93. The topological polar surface area (TPSA) is 38.9 Å². The van der Waals surface area contributed by atoms with Crippen LogP contribution in [0.4, 0.5) is 0 Å². The van der Waals surface area contributed by atoms with Crippen LogP contribution in [0.5, 0.6) is 0 Å². The quantitative estimate of drug-likeness (QED) is 0.746. The summed E-state index contributed by atoms with van der Waals surface area (Å²) < 4.78 is 4.97. The second-order valence-corrected chi connectivity index (χ2v) is 2.82. The van der Waals surface area contributed by atoms with Crippen LogP contribution in [0.2, 0.25) is 0 Å². The molecule has 2 heterocycles. The standard InChI is InChI=1S/C9H7ClN2O.ClH/c10-6-8-5-9(12-13-8)7-1-3-11-4-2-7;/h1-5H,6H2;1H. The molecule has 74 valence electrons. The van der Waals surface area contributed by atoms with Crippen LogP contribution in [0.1, 0.15) is 5.76 Å². The van der Waals surface area contributed by atoms with E-state index in [2.05, 4.69) is 10.1 Å². The fraction of sp³-hybridized carbons (Fsp3) is 0.111. The van der Waals surface area contributed by atoms with Crippen molar-refractivity contribution in [1.29, 1.82) is 0 Å². The van der Waals surface area contributed by atoms with Gasteiger partial charge in [0, 0.05) is 24.0 Å². The molecule has 0 amide bonds. The van der Waals surface area contributed by atoms with Crippen LogP contribution in [-0.2, 0) is 5.88 Å². The van der Waals surface area contributed by atoms with Crippen molar-refractivity contribution < 1.29 is 4.52 Å². The largest absolute Gasteiger partial charge is 0.359 e. The van der Waals surface area contributed by atoms with E-state index in [9.17, 15) is 0 Å². The highest BCUT2D eigenvalue weighted by atomic mass is 35.5. The molecule has 14 heavy (non-hydrogen) atoms. The van der Waals surface area contributed by atoms with Gasteiger partial charge in [0.25, 0.3) is 0 Å². The van der Waals surface area contributed by atoms with E-state index in [0.717, 1.165) is 11.3 Å². The van der Waals surface area contributed by atoms with Crippen molar-refractivity contribution in [2.24, 2.45) is 0 Å². The first-order chi connectivity index (χ1) is 6.40. The van der Waals surface area contributed by atoms with Crippen molar-refractivity contribution in [1.82, 2.24) is 10.1 Å². The molecule has 3 nitrogen and oxygen atoms in total. The number of halogens is 2. The Hall–Kier alpha value is -1.06. The Balaban J connectivity index is 0.000000980. The molecule has 0 saturated heterocycles. The zero-order valence-corrected chi connectivity index (χ0v) is 8.76. The number of rotatable bonds is 2. The second-order valence-electron chi connectivity index (χ2n) is 2.55. The molecule has 2 rings (SSSR count). The minimum Gasteiger partial charge on any atom is -0.359 e. The minimum absolute atomic E-state index is 0. The van der Waals surface area contributed by atoms with Crippen molar-refractivity contribution in [3.63, 3.8) is 0 Å². The molecule has 0 aromatic carbocycles. The normalized spacial score (nSPS) is 9.50. The zero-order valence-electron chi connectivity index (χ0n) is 7.18. The molecule has 0 aliphatic rings. The highest BCUT2D eigenvalue weighted by Crippen LogP contribution is 2.18. The van der Waals surface area contributed by atoms with Crippen molar-refractivity contribution >= 4 is 24.0 Å². The molecular formula is C9H8Cl2N2O. The van der Waals surface area contributed by atoms with Gasteiger partial charge in [-0.1, -0.05) is 5.16 Å². The summed E-state index contributed by atoms with van der Waals surface area (Å²) >= 11 is 5.58. The summed E-state index contributed by atoms with van der Waals surface area (Å²) in [5.41, 5.74) is 1.77. The van der Waals surface area contributed by atoms with E-state index >= 15 is 0 Å². The van der Waals surface area contributed by atoms with Crippen LogP contribution in [0.25, 0.3) is 11.3 Å². The van der Waals surface area contributed by atoms with Gasteiger partial charge >= 0.3 is 0 Å². The molecule has 0 aliphatic heterocycles. The van der Waals surface area contributed by atoms with Gasteiger partial charge in [0.1, 0.15) is 5.69 Å². The van der Waals surface area contributed by atoms with Crippen LogP contribution in [0.15, 0.2) is 35.1 Å². The molecule has 2 aromatic rings. The molecule has 0 unspecified atom stereocenters. The summed E-state index contributed by atoms with van der Waals surface area (Å²) in [5, 5.41) is 3.87. The highest BCUT2D eigenvalue weighted by Gasteiger charge is 2.04. The Kier molecular flexibility index (Phi) is 3.92. The Morgan fingerprint density at radius 2 is 2.00 bits per heavy atom. The maximum atomic E-state index is 5.58. The minimum atomic E-state index is 0. The molecule has 0 atom stereocenters. The van der Waals surface area contributed by atoms with Crippen molar-refractivity contribution in [2.75, 3.05) is 0 Å². The van der Waals surface area contributed by atoms with Gasteiger partial charge in [-0.25, -0.2) is 0 Å². The van der Waals surface area contributed by atoms with E-state index in [4.69, 9.17) is 16.1 Å². The van der Waals surface area contributed by atoms with Gasteiger partial charge < -0.3 is 4.52 Å². The lowest BCUT2D eigenvalue weighted by Gasteiger charge is -1.90. The van der Waals surface area contributed by atoms with Crippen LogP contribution < -0.4 is 0 Å². The molecule has 0 fully saturated rings. The average molecular weight is 231 g/mol. The molecule has 2 aromatic heterocycles. The van der Waals surface area contributed by atoms with Gasteiger partial charge in [-0.05, 0) is 12.1 Å². The summed E-state index contributed by atoms with van der Waals surface area (Å²) in [6.45, 7) is 0. The predicted molar refractivity (Wildman–Crippen MR) is 56.5 cm³/mol. The SMILES string of the molecule is Cl.ClCc1cc(-c2ccncc2)no1. The molecule has 0 aliphatic carbocycles. The maximum absolute atomic E-state index is 5.58. The van der Waals surface area contributed by atoms with E-state index in [1.54, 1.807) is 12.4 Å². The number of alkyl halides is 1. The van der Waals surface area contributed by atoms with Gasteiger partial charge in [0.15, 0.2) is 5.76 Å². The Morgan fingerprint density at radius 3 is 2.57 bits per heavy atom. The fourth-order valence-electron chi connectivity index (χ4n) is 1.03. The van der Waals surface area contributed by atoms with Gasteiger partial charge in [0.2, 0.25) is 0 Å². The monoisotopic (exact) mass is 230 g/mol. The van der Waals surface area contributed by atoms with E-state index in [-0.39, 0.29) is 12.4 Å². The average Bonchev–Trinajstić information content (AvgIpc) is 2.67. The van der Waals surface area contributed by atoms with Crippen LogP contribution in [0, 0.1) is 0 Å². The van der Waals surface area contributed by atoms with Crippen LogP contribution in [0.3, 0.4) is 0 Å². The lowest BCUT2D eigenvalue weighted by Crippen LogP contribution is -1.76. The smallest absolute Gasteiger partial charge is 0.152 e. The number of nitrogens with zero attached hydrogens (tertiary/aromatic N) is 2. The fourth-order valence-corrected chi connectivity index (χ4v) is 1.16. The summed E-state index contributed by atoms with van der Waals surface area (Å²) in [6.07, 6.45) is 3.43. The summed E-state index contributed by atoms with van der Waals surface area (Å²) in [4.78, 5) is 3.91. The zero-order chi connectivity index (χ0) is 9.10. The number of pyridine rings is 1. The van der Waals surface area contributed by atoms with Gasteiger partial charge in [-0.15, -0.1) is 24.0 Å². The molecule has 0 saturated carbocycles. The first kappa shape index (κ1) is 11.0. The Bertz CT molecular complexity index is 389. The van der Waals surface area contributed by atoms with Gasteiger partial charge in [-0.2, -0.15) is 0 Å². The summed E-state index contributed by atoms with van der Waals surface area (Å²) in [6, 6.07) is 5.56. The number of hydrogen-bond acceptors (Lipinski definition) is 3. The van der Waals surface area contributed by atoms with Crippen molar-refractivity contribution in [3.05, 3.63) is 36.4 Å². The van der Waals surface area contributed by atoms with Crippen molar-refractivity contribution in [3.8, 4) is 11.3 Å². The number of hydrogen-bond donors (Lipinski definition) is 0. The molecular weight excluding hydrogens is 223 g/mol. The van der Waals surface area contributed by atoms with E-state index in [0.29, 0.717) is 11.6 Å². The first-order valence-corrected chi connectivity index (χ1v) is 4.35. The summed E-state index contributed by atoms with van der Waals surface area (Å²) in [5.74, 6) is 1.02. The van der Waals surface area contributed by atoms with E-state index in [1.165, 1.54) is 0 Å².